The molecule has 0 saturated heterocycles. The summed E-state index contributed by atoms with van der Waals surface area (Å²) in [5, 5.41) is 7.59. The highest BCUT2D eigenvalue weighted by Crippen LogP contribution is 2.44. The maximum Gasteiger partial charge on any atom is 0.0549 e. The number of benzene rings is 8. The van der Waals surface area contributed by atoms with Crippen LogP contribution in [0.15, 0.2) is 182 Å². The van der Waals surface area contributed by atoms with Crippen LogP contribution in [0.2, 0.25) is 0 Å². The van der Waals surface area contributed by atoms with Crippen LogP contribution < -0.4 is 0 Å². The third-order valence-electron chi connectivity index (χ3n) is 9.93. The lowest BCUT2D eigenvalue weighted by atomic mass is 9.97. The van der Waals surface area contributed by atoms with Gasteiger partial charge in [0.05, 0.1) is 27.8 Å². The molecule has 0 radical (unpaired) electrons. The van der Waals surface area contributed by atoms with Gasteiger partial charge in [-0.3, -0.25) is 0 Å². The van der Waals surface area contributed by atoms with Crippen LogP contribution >= 0.6 is 0 Å². The smallest absolute Gasteiger partial charge is 0.0549 e. The Kier molecular flexibility index (Phi) is 5.91. The molecule has 48 heavy (non-hydrogen) atoms. The summed E-state index contributed by atoms with van der Waals surface area (Å²) in [6, 6.07) is 66.1. The topological polar surface area (TPSA) is 9.86 Å². The van der Waals surface area contributed by atoms with Crippen molar-refractivity contribution in [2.45, 2.75) is 0 Å². The van der Waals surface area contributed by atoms with E-state index in [-0.39, 0.29) is 0 Å². The van der Waals surface area contributed by atoms with Gasteiger partial charge in [0.15, 0.2) is 0 Å². The van der Waals surface area contributed by atoms with Crippen LogP contribution in [-0.4, -0.2) is 9.13 Å². The van der Waals surface area contributed by atoms with Crippen molar-refractivity contribution in [3.8, 4) is 33.6 Å². The van der Waals surface area contributed by atoms with Crippen molar-refractivity contribution in [1.82, 2.24) is 9.13 Å². The van der Waals surface area contributed by atoms with Crippen molar-refractivity contribution in [3.63, 3.8) is 0 Å². The number of fused-ring (bicyclic) bond motifs is 8. The number of aromatic nitrogens is 2. The van der Waals surface area contributed by atoms with Crippen molar-refractivity contribution in [2.24, 2.45) is 0 Å². The fourth-order valence-electron chi connectivity index (χ4n) is 7.84. The monoisotopic (exact) mass is 610 g/mol. The summed E-state index contributed by atoms with van der Waals surface area (Å²) in [5.74, 6) is 0. The molecule has 10 aromatic rings. The summed E-state index contributed by atoms with van der Waals surface area (Å²) in [6.07, 6.45) is 0. The van der Waals surface area contributed by atoms with Crippen LogP contribution in [0.1, 0.15) is 0 Å². The summed E-state index contributed by atoms with van der Waals surface area (Å²) < 4.78 is 4.90. The molecular weight excluding hydrogens is 581 g/mol. The van der Waals surface area contributed by atoms with Gasteiger partial charge in [-0.1, -0.05) is 140 Å². The standard InChI is InChI=1S/C46H30N2/c1-3-13-31(14-4-1)32-23-25-34(26-24-32)47-40-21-11-9-19-38(40)45-43(47)29-30-44-46(45)39-20-10-12-22-41(39)48(44)42-28-27-35(33-15-5-2-6-16-33)36-17-7-8-18-37(36)42/h1-30H. The zero-order valence-corrected chi connectivity index (χ0v) is 26.2. The Morgan fingerprint density at radius 2 is 0.750 bits per heavy atom. The fraction of sp³-hybridized carbons (Fsp3) is 0. The average Bonchev–Trinajstić information content (AvgIpc) is 3.68. The minimum atomic E-state index is 1.16. The van der Waals surface area contributed by atoms with E-state index in [1.165, 1.54) is 82.3 Å². The van der Waals surface area contributed by atoms with Crippen LogP contribution in [-0.2, 0) is 0 Å². The zero-order valence-electron chi connectivity index (χ0n) is 26.2. The minimum Gasteiger partial charge on any atom is -0.309 e. The third kappa shape index (κ3) is 3.93. The van der Waals surface area contributed by atoms with Gasteiger partial charge in [0, 0.05) is 32.6 Å². The molecule has 0 aliphatic heterocycles. The summed E-state index contributed by atoms with van der Waals surface area (Å²) in [6.45, 7) is 0. The maximum absolute atomic E-state index is 2.47. The predicted octanol–water partition coefficient (Wildman–Crippen LogP) is 12.4. The van der Waals surface area contributed by atoms with Gasteiger partial charge in [0.1, 0.15) is 0 Å². The molecule has 8 aromatic carbocycles. The maximum atomic E-state index is 2.47. The summed E-state index contributed by atoms with van der Waals surface area (Å²) in [5.41, 5.74) is 12.1. The molecule has 0 saturated carbocycles. The Balaban J connectivity index is 1.26. The van der Waals surface area contributed by atoms with Crippen molar-refractivity contribution in [2.75, 3.05) is 0 Å². The third-order valence-corrected chi connectivity index (χ3v) is 9.93. The fourth-order valence-corrected chi connectivity index (χ4v) is 7.84. The molecule has 2 heteroatoms. The minimum absolute atomic E-state index is 1.16. The molecule has 0 aliphatic carbocycles. The van der Waals surface area contributed by atoms with Crippen LogP contribution in [0.25, 0.3) is 88.0 Å². The van der Waals surface area contributed by atoms with Crippen molar-refractivity contribution >= 4 is 54.4 Å². The first-order valence-electron chi connectivity index (χ1n) is 16.5. The molecule has 224 valence electrons. The largest absolute Gasteiger partial charge is 0.309 e. The van der Waals surface area contributed by atoms with Gasteiger partial charge in [-0.2, -0.15) is 0 Å². The van der Waals surface area contributed by atoms with Gasteiger partial charge in [-0.25, -0.2) is 0 Å². The molecule has 2 heterocycles. The molecule has 0 amide bonds. The average molecular weight is 611 g/mol. The van der Waals surface area contributed by atoms with E-state index in [1.807, 2.05) is 0 Å². The van der Waals surface area contributed by atoms with Gasteiger partial charge in [0.2, 0.25) is 0 Å². The Morgan fingerprint density at radius 1 is 0.271 bits per heavy atom. The lowest BCUT2D eigenvalue weighted by Crippen LogP contribution is -1.97. The van der Waals surface area contributed by atoms with E-state index in [4.69, 9.17) is 0 Å². The number of nitrogens with zero attached hydrogens (tertiary/aromatic N) is 2. The van der Waals surface area contributed by atoms with E-state index in [2.05, 4.69) is 191 Å². The number of hydrogen-bond acceptors (Lipinski definition) is 0. The van der Waals surface area contributed by atoms with Crippen molar-refractivity contribution < 1.29 is 0 Å². The first-order chi connectivity index (χ1) is 23.8. The second-order valence-electron chi connectivity index (χ2n) is 12.5. The van der Waals surface area contributed by atoms with Gasteiger partial charge in [-0.05, 0) is 70.1 Å². The van der Waals surface area contributed by atoms with E-state index in [0.717, 1.165) is 5.69 Å². The Bertz CT molecular complexity index is 2800. The first kappa shape index (κ1) is 26.8. The highest BCUT2D eigenvalue weighted by atomic mass is 15.0. The summed E-state index contributed by atoms with van der Waals surface area (Å²) in [7, 11) is 0. The Hall–Kier alpha value is -6.38. The highest BCUT2D eigenvalue weighted by molar-refractivity contribution is 6.29. The number of para-hydroxylation sites is 2. The molecule has 0 unspecified atom stereocenters. The molecule has 0 spiro atoms. The molecular formula is C46H30N2. The molecule has 0 N–H and O–H groups in total. The van der Waals surface area contributed by atoms with Gasteiger partial charge < -0.3 is 9.13 Å². The lowest BCUT2D eigenvalue weighted by Gasteiger charge is -2.15. The first-order valence-corrected chi connectivity index (χ1v) is 16.5. The quantitative estimate of drug-likeness (QED) is 0.188. The van der Waals surface area contributed by atoms with Gasteiger partial charge in [-0.15, -0.1) is 0 Å². The molecule has 0 atom stereocenters. The Labute approximate surface area is 278 Å². The molecule has 2 aromatic heterocycles. The van der Waals surface area contributed by atoms with Crippen LogP contribution in [0, 0.1) is 0 Å². The number of hydrogen-bond donors (Lipinski definition) is 0. The van der Waals surface area contributed by atoms with E-state index in [1.54, 1.807) is 0 Å². The second-order valence-corrected chi connectivity index (χ2v) is 12.5. The van der Waals surface area contributed by atoms with E-state index in [9.17, 15) is 0 Å². The molecule has 0 aliphatic rings. The summed E-state index contributed by atoms with van der Waals surface area (Å²) >= 11 is 0. The molecule has 0 bridgehead atoms. The second kappa shape index (κ2) is 10.6. The van der Waals surface area contributed by atoms with Crippen molar-refractivity contribution in [3.05, 3.63) is 182 Å². The zero-order chi connectivity index (χ0) is 31.6. The Morgan fingerprint density at radius 3 is 1.40 bits per heavy atom. The number of rotatable bonds is 4. The van der Waals surface area contributed by atoms with Crippen LogP contribution in [0.5, 0.6) is 0 Å². The SMILES string of the molecule is c1ccc(-c2ccc(-n3c4ccccc4c4c5c6ccccc6n(-c6ccc(-c7ccccc7)c7ccccc67)c5ccc43)cc2)cc1. The lowest BCUT2D eigenvalue weighted by molar-refractivity contribution is 1.18. The van der Waals surface area contributed by atoms with Gasteiger partial charge in [0.25, 0.3) is 0 Å². The normalized spacial score (nSPS) is 11.8. The predicted molar refractivity (Wildman–Crippen MR) is 203 cm³/mol. The van der Waals surface area contributed by atoms with E-state index >= 15 is 0 Å². The highest BCUT2D eigenvalue weighted by Gasteiger charge is 2.21. The van der Waals surface area contributed by atoms with Crippen LogP contribution in [0.3, 0.4) is 0 Å². The molecule has 10 rings (SSSR count). The molecule has 0 fully saturated rings. The van der Waals surface area contributed by atoms with E-state index in [0.29, 0.717) is 0 Å². The van der Waals surface area contributed by atoms with Crippen LogP contribution in [0.4, 0.5) is 0 Å². The van der Waals surface area contributed by atoms with Crippen molar-refractivity contribution in [1.29, 1.82) is 0 Å². The van der Waals surface area contributed by atoms with E-state index < -0.39 is 0 Å². The van der Waals surface area contributed by atoms with Gasteiger partial charge >= 0.3 is 0 Å². The summed E-state index contributed by atoms with van der Waals surface area (Å²) in [4.78, 5) is 0. The molecule has 2 nitrogen and oxygen atoms in total.